The van der Waals surface area contributed by atoms with Gasteiger partial charge in [0.2, 0.25) is 0 Å². The number of benzene rings is 1. The van der Waals surface area contributed by atoms with E-state index in [4.69, 9.17) is 16.3 Å². The van der Waals surface area contributed by atoms with Crippen molar-refractivity contribution < 1.29 is 14.8 Å². The van der Waals surface area contributed by atoms with Crippen LogP contribution in [-0.2, 0) is 0 Å². The van der Waals surface area contributed by atoms with Crippen molar-refractivity contribution in [3.05, 3.63) is 33.9 Å². The van der Waals surface area contributed by atoms with Crippen LogP contribution in [0.2, 0.25) is 0 Å². The maximum absolute atomic E-state index is 10.9. The van der Waals surface area contributed by atoms with Crippen LogP contribution in [0.25, 0.3) is 0 Å². The van der Waals surface area contributed by atoms with Crippen molar-refractivity contribution in [1.82, 2.24) is 5.32 Å². The monoisotopic (exact) mass is 314 g/mol. The third-order valence-electron chi connectivity index (χ3n) is 3.61. The lowest BCUT2D eigenvalue weighted by molar-refractivity contribution is -0.385. The summed E-state index contributed by atoms with van der Waals surface area (Å²) < 4.78 is 5.76. The van der Waals surface area contributed by atoms with E-state index < -0.39 is 22.7 Å². The van der Waals surface area contributed by atoms with E-state index in [1.165, 1.54) is 12.1 Å². The van der Waals surface area contributed by atoms with Crippen LogP contribution in [0.4, 0.5) is 5.69 Å². The molecule has 1 aromatic rings. The zero-order valence-corrected chi connectivity index (χ0v) is 12.8. The zero-order chi connectivity index (χ0) is 15.6. The number of alkyl halides is 1. The minimum atomic E-state index is -0.817. The molecule has 0 unspecified atom stereocenters. The second-order valence-electron chi connectivity index (χ2n) is 5.60. The van der Waals surface area contributed by atoms with Gasteiger partial charge in [-0.25, -0.2) is 0 Å². The third kappa shape index (κ3) is 3.28. The molecular weight excluding hydrogens is 296 g/mol. The smallest absolute Gasteiger partial charge is 0.270 e. The fourth-order valence-electron chi connectivity index (χ4n) is 2.45. The molecule has 0 fully saturated rings. The Hall–Kier alpha value is -1.37. The van der Waals surface area contributed by atoms with E-state index in [0.717, 1.165) is 6.42 Å². The summed E-state index contributed by atoms with van der Waals surface area (Å²) in [6, 6.07) is 4.01. The number of aliphatic hydroxyl groups is 1. The number of hydrogen-bond acceptors (Lipinski definition) is 5. The summed E-state index contributed by atoms with van der Waals surface area (Å²) in [5.74, 6) is 1.07. The summed E-state index contributed by atoms with van der Waals surface area (Å²) in [6.45, 7) is 4.19. The van der Waals surface area contributed by atoms with Gasteiger partial charge in [0.15, 0.2) is 0 Å². The number of halogens is 1. The zero-order valence-electron chi connectivity index (χ0n) is 12.0. The Labute approximate surface area is 128 Å². The van der Waals surface area contributed by atoms with Crippen LogP contribution in [-0.4, -0.2) is 34.2 Å². The average Bonchev–Trinajstić information content (AvgIpc) is 2.42. The van der Waals surface area contributed by atoms with Crippen LogP contribution in [0.1, 0.15) is 31.9 Å². The van der Waals surface area contributed by atoms with Gasteiger partial charge in [-0.1, -0.05) is 0 Å². The molecule has 0 saturated heterocycles. The minimum absolute atomic E-state index is 0.0200. The van der Waals surface area contributed by atoms with Crippen molar-refractivity contribution in [3.63, 3.8) is 0 Å². The van der Waals surface area contributed by atoms with Gasteiger partial charge < -0.3 is 15.2 Å². The van der Waals surface area contributed by atoms with Gasteiger partial charge in [-0.2, -0.15) is 0 Å². The Balaban J connectivity index is 2.37. The standard InChI is InChI=1S/C14H19ClN2O4/c1-14(2)13(18)12(16-7-3-6-15)10-8-9(17(19)20)4-5-11(10)21-14/h4-5,8,12-13,16,18H,3,6-7H2,1-2H3/t12-,13+/m0/s1. The molecule has 1 aliphatic rings. The second kappa shape index (κ2) is 6.17. The normalized spacial score (nSPS) is 23.2. The van der Waals surface area contributed by atoms with Gasteiger partial charge in [-0.3, -0.25) is 10.1 Å². The molecule has 0 saturated carbocycles. The van der Waals surface area contributed by atoms with E-state index in [9.17, 15) is 15.2 Å². The number of non-ortho nitro benzene ring substituents is 1. The summed E-state index contributed by atoms with van der Waals surface area (Å²) in [5, 5.41) is 24.6. The third-order valence-corrected chi connectivity index (χ3v) is 3.88. The van der Waals surface area contributed by atoms with Gasteiger partial charge in [0.1, 0.15) is 17.5 Å². The van der Waals surface area contributed by atoms with E-state index in [1.54, 1.807) is 19.9 Å². The summed E-state index contributed by atoms with van der Waals surface area (Å²) in [6.07, 6.45) is -0.0709. The highest BCUT2D eigenvalue weighted by Gasteiger charge is 2.43. The number of nitro groups is 1. The molecule has 0 aliphatic carbocycles. The van der Waals surface area contributed by atoms with E-state index in [0.29, 0.717) is 23.7 Å². The summed E-state index contributed by atoms with van der Waals surface area (Å²) in [7, 11) is 0. The molecule has 2 N–H and O–H groups in total. The molecular formula is C14H19ClN2O4. The molecule has 2 atom stereocenters. The molecule has 116 valence electrons. The first-order valence-corrected chi connectivity index (χ1v) is 7.35. The molecule has 7 heteroatoms. The van der Waals surface area contributed by atoms with Crippen LogP contribution < -0.4 is 10.1 Å². The van der Waals surface area contributed by atoms with Crippen molar-refractivity contribution in [2.45, 2.75) is 38.0 Å². The molecule has 21 heavy (non-hydrogen) atoms. The first-order valence-electron chi connectivity index (χ1n) is 6.81. The van der Waals surface area contributed by atoms with E-state index in [-0.39, 0.29) is 5.69 Å². The molecule has 1 aromatic carbocycles. The molecule has 1 aliphatic heterocycles. The van der Waals surface area contributed by atoms with Crippen LogP contribution in [0, 0.1) is 10.1 Å². The Morgan fingerprint density at radius 2 is 2.24 bits per heavy atom. The number of nitrogens with one attached hydrogen (secondary N) is 1. The molecule has 0 spiro atoms. The highest BCUT2D eigenvalue weighted by molar-refractivity contribution is 6.17. The van der Waals surface area contributed by atoms with Crippen LogP contribution in [0.5, 0.6) is 5.75 Å². The largest absolute Gasteiger partial charge is 0.485 e. The molecule has 0 aromatic heterocycles. The van der Waals surface area contributed by atoms with Crippen molar-refractivity contribution in [3.8, 4) is 5.75 Å². The van der Waals surface area contributed by atoms with Crippen molar-refractivity contribution in [2.75, 3.05) is 12.4 Å². The lowest BCUT2D eigenvalue weighted by Crippen LogP contribution is -2.52. The Bertz CT molecular complexity index is 536. The highest BCUT2D eigenvalue weighted by atomic mass is 35.5. The highest BCUT2D eigenvalue weighted by Crippen LogP contribution is 2.41. The van der Waals surface area contributed by atoms with Crippen molar-refractivity contribution >= 4 is 17.3 Å². The molecule has 1 heterocycles. The molecule has 6 nitrogen and oxygen atoms in total. The van der Waals surface area contributed by atoms with Gasteiger partial charge in [-0.05, 0) is 32.9 Å². The average molecular weight is 315 g/mol. The van der Waals surface area contributed by atoms with Gasteiger partial charge in [0, 0.05) is 23.6 Å². The van der Waals surface area contributed by atoms with Gasteiger partial charge in [0.25, 0.3) is 5.69 Å². The first kappa shape index (κ1) is 16.0. The van der Waals surface area contributed by atoms with Gasteiger partial charge >= 0.3 is 0 Å². The van der Waals surface area contributed by atoms with Gasteiger partial charge in [0.05, 0.1) is 11.0 Å². The van der Waals surface area contributed by atoms with Crippen molar-refractivity contribution in [2.24, 2.45) is 0 Å². The summed E-state index contributed by atoms with van der Waals surface area (Å²) >= 11 is 5.66. The Morgan fingerprint density at radius 3 is 2.86 bits per heavy atom. The number of nitrogens with zero attached hydrogens (tertiary/aromatic N) is 1. The predicted molar refractivity (Wildman–Crippen MR) is 79.9 cm³/mol. The maximum atomic E-state index is 10.9. The quantitative estimate of drug-likeness (QED) is 0.377. The van der Waals surface area contributed by atoms with Gasteiger partial charge in [-0.15, -0.1) is 11.6 Å². The molecule has 0 amide bonds. The van der Waals surface area contributed by atoms with E-state index >= 15 is 0 Å². The maximum Gasteiger partial charge on any atom is 0.270 e. The minimum Gasteiger partial charge on any atom is -0.485 e. The van der Waals surface area contributed by atoms with Crippen LogP contribution in [0.3, 0.4) is 0 Å². The summed E-state index contributed by atoms with van der Waals surface area (Å²) in [4.78, 5) is 10.5. The number of ether oxygens (including phenoxy) is 1. The number of rotatable bonds is 5. The van der Waals surface area contributed by atoms with Crippen LogP contribution >= 0.6 is 11.6 Å². The SMILES string of the molecule is CC1(C)Oc2ccc([N+](=O)[O-])cc2[C@H](NCCCCl)[C@H]1O. The van der Waals surface area contributed by atoms with Crippen LogP contribution in [0.15, 0.2) is 18.2 Å². The lowest BCUT2D eigenvalue weighted by atomic mass is 9.86. The van der Waals surface area contributed by atoms with E-state index in [2.05, 4.69) is 5.32 Å². The molecule has 0 bridgehead atoms. The Kier molecular flexibility index (Phi) is 4.70. The Morgan fingerprint density at radius 1 is 1.52 bits per heavy atom. The lowest BCUT2D eigenvalue weighted by Gasteiger charge is -2.42. The molecule has 2 rings (SSSR count). The first-order chi connectivity index (χ1) is 9.86. The number of aliphatic hydroxyl groups excluding tert-OH is 1. The number of nitro benzene ring substituents is 1. The second-order valence-corrected chi connectivity index (χ2v) is 5.98. The number of fused-ring (bicyclic) bond motifs is 1. The number of hydrogen-bond donors (Lipinski definition) is 2. The van der Waals surface area contributed by atoms with Crippen molar-refractivity contribution in [1.29, 1.82) is 0 Å². The topological polar surface area (TPSA) is 84.6 Å². The summed E-state index contributed by atoms with van der Waals surface area (Å²) in [5.41, 5.74) is -0.194. The molecule has 0 radical (unpaired) electrons. The predicted octanol–water partition coefficient (Wildman–Crippen LogP) is 2.39. The fraction of sp³-hybridized carbons (Fsp3) is 0.571. The van der Waals surface area contributed by atoms with E-state index in [1.807, 2.05) is 0 Å². The fourth-order valence-corrected chi connectivity index (χ4v) is 2.58.